The number of anilines is 2. The van der Waals surface area contributed by atoms with Gasteiger partial charge in [-0.15, -0.1) is 0 Å². The van der Waals surface area contributed by atoms with E-state index in [0.717, 1.165) is 50.7 Å². The van der Waals surface area contributed by atoms with Crippen molar-refractivity contribution in [1.29, 1.82) is 0 Å². The molecule has 5 nitrogen and oxygen atoms in total. The summed E-state index contributed by atoms with van der Waals surface area (Å²) in [6.07, 6.45) is 12.4. The second-order valence-corrected chi connectivity index (χ2v) is 8.07. The molecular formula is C19H30N4O. The van der Waals surface area contributed by atoms with E-state index in [1.54, 1.807) is 6.33 Å². The van der Waals surface area contributed by atoms with Gasteiger partial charge in [-0.2, -0.15) is 0 Å². The molecule has 5 heteroatoms. The second-order valence-electron chi connectivity index (χ2n) is 8.07. The summed E-state index contributed by atoms with van der Waals surface area (Å²) >= 11 is 0. The number of rotatable bonds is 3. The third kappa shape index (κ3) is 3.23. The van der Waals surface area contributed by atoms with Gasteiger partial charge in [0.15, 0.2) is 0 Å². The first-order valence-electron chi connectivity index (χ1n) is 9.71. The SMILES string of the molecule is OCC1CCCN(c2cc(N3CCC4(CCCC4)CC3)ncn2)C1. The van der Waals surface area contributed by atoms with Crippen molar-refractivity contribution >= 4 is 11.6 Å². The lowest BCUT2D eigenvalue weighted by atomic mass is 9.77. The smallest absolute Gasteiger partial charge is 0.134 e. The molecular weight excluding hydrogens is 300 g/mol. The van der Waals surface area contributed by atoms with Gasteiger partial charge >= 0.3 is 0 Å². The molecule has 1 aliphatic carbocycles. The summed E-state index contributed by atoms with van der Waals surface area (Å²) in [5.74, 6) is 2.49. The molecule has 0 radical (unpaired) electrons. The molecule has 0 amide bonds. The van der Waals surface area contributed by atoms with Crippen LogP contribution in [-0.4, -0.2) is 47.9 Å². The topological polar surface area (TPSA) is 52.5 Å². The second kappa shape index (κ2) is 6.87. The zero-order chi connectivity index (χ0) is 16.4. The van der Waals surface area contributed by atoms with Gasteiger partial charge in [-0.3, -0.25) is 0 Å². The minimum absolute atomic E-state index is 0.280. The Morgan fingerprint density at radius 2 is 1.67 bits per heavy atom. The molecule has 1 atom stereocenters. The largest absolute Gasteiger partial charge is 0.396 e. The van der Waals surface area contributed by atoms with Crippen molar-refractivity contribution in [1.82, 2.24) is 9.97 Å². The summed E-state index contributed by atoms with van der Waals surface area (Å²) in [6, 6.07) is 2.16. The third-order valence-corrected chi connectivity index (χ3v) is 6.55. The minimum Gasteiger partial charge on any atom is -0.396 e. The maximum absolute atomic E-state index is 9.45. The van der Waals surface area contributed by atoms with Crippen LogP contribution in [0.5, 0.6) is 0 Å². The number of aliphatic hydroxyl groups excluding tert-OH is 1. The Morgan fingerprint density at radius 3 is 2.38 bits per heavy atom. The fourth-order valence-corrected chi connectivity index (χ4v) is 4.94. The molecule has 4 rings (SSSR count). The van der Waals surface area contributed by atoms with E-state index < -0.39 is 0 Å². The van der Waals surface area contributed by atoms with Crippen LogP contribution in [-0.2, 0) is 0 Å². The molecule has 1 aromatic rings. The van der Waals surface area contributed by atoms with Gasteiger partial charge in [0.2, 0.25) is 0 Å². The highest BCUT2D eigenvalue weighted by molar-refractivity contribution is 5.50. The van der Waals surface area contributed by atoms with Crippen LogP contribution in [0.3, 0.4) is 0 Å². The summed E-state index contributed by atoms with van der Waals surface area (Å²) in [5.41, 5.74) is 0.646. The lowest BCUT2D eigenvalue weighted by Crippen LogP contribution is -2.40. The van der Waals surface area contributed by atoms with Gasteiger partial charge in [-0.25, -0.2) is 9.97 Å². The molecule has 2 aliphatic heterocycles. The van der Waals surface area contributed by atoms with Crippen molar-refractivity contribution in [3.05, 3.63) is 12.4 Å². The zero-order valence-electron chi connectivity index (χ0n) is 14.7. The van der Waals surface area contributed by atoms with Crippen molar-refractivity contribution in [3.63, 3.8) is 0 Å². The molecule has 1 unspecified atom stereocenters. The van der Waals surface area contributed by atoms with Gasteiger partial charge in [0.05, 0.1) is 0 Å². The first-order valence-corrected chi connectivity index (χ1v) is 9.71. The maximum Gasteiger partial charge on any atom is 0.134 e. The molecule has 3 fully saturated rings. The van der Waals surface area contributed by atoms with Gasteiger partial charge in [-0.05, 0) is 49.9 Å². The molecule has 1 spiro atoms. The number of hydrogen-bond acceptors (Lipinski definition) is 5. The Morgan fingerprint density at radius 1 is 0.958 bits per heavy atom. The number of aromatic nitrogens is 2. The Labute approximate surface area is 145 Å². The van der Waals surface area contributed by atoms with E-state index in [2.05, 4.69) is 25.8 Å². The standard InChI is InChI=1S/C19H30N4O/c24-14-16-4-3-9-23(13-16)18-12-17(20-15-21-18)22-10-7-19(8-11-22)5-1-2-6-19/h12,15-16,24H,1-11,13-14H2. The Hall–Kier alpha value is -1.36. The van der Waals surface area contributed by atoms with Crippen molar-refractivity contribution in [2.24, 2.45) is 11.3 Å². The lowest BCUT2D eigenvalue weighted by Gasteiger charge is -2.40. The third-order valence-electron chi connectivity index (χ3n) is 6.55. The molecule has 132 valence electrons. The van der Waals surface area contributed by atoms with E-state index in [9.17, 15) is 5.11 Å². The van der Waals surface area contributed by atoms with E-state index in [0.29, 0.717) is 11.3 Å². The molecule has 1 aromatic heterocycles. The lowest BCUT2D eigenvalue weighted by molar-refractivity contribution is 0.208. The van der Waals surface area contributed by atoms with Crippen LogP contribution < -0.4 is 9.80 Å². The van der Waals surface area contributed by atoms with E-state index in [-0.39, 0.29) is 6.61 Å². The molecule has 3 aliphatic rings. The maximum atomic E-state index is 9.45. The fraction of sp³-hybridized carbons (Fsp3) is 0.789. The summed E-state index contributed by atoms with van der Waals surface area (Å²) in [4.78, 5) is 13.8. The Bertz CT molecular complexity index is 548. The fourth-order valence-electron chi connectivity index (χ4n) is 4.94. The van der Waals surface area contributed by atoms with Gasteiger partial charge in [0, 0.05) is 38.9 Å². The number of aliphatic hydroxyl groups is 1. The van der Waals surface area contributed by atoms with Crippen molar-refractivity contribution in [3.8, 4) is 0 Å². The highest BCUT2D eigenvalue weighted by Gasteiger charge is 2.37. The molecule has 1 N–H and O–H groups in total. The van der Waals surface area contributed by atoms with E-state index in [1.165, 1.54) is 38.5 Å². The number of nitrogens with zero attached hydrogens (tertiary/aromatic N) is 4. The Balaban J connectivity index is 1.43. The van der Waals surface area contributed by atoms with Gasteiger partial charge < -0.3 is 14.9 Å². The summed E-state index contributed by atoms with van der Waals surface area (Å²) < 4.78 is 0. The summed E-state index contributed by atoms with van der Waals surface area (Å²) in [6.45, 7) is 4.50. The van der Waals surface area contributed by atoms with Gasteiger partial charge in [-0.1, -0.05) is 12.8 Å². The highest BCUT2D eigenvalue weighted by Crippen LogP contribution is 2.46. The molecule has 2 saturated heterocycles. The Kier molecular flexibility index (Phi) is 4.61. The number of piperidine rings is 2. The monoisotopic (exact) mass is 330 g/mol. The minimum atomic E-state index is 0.280. The van der Waals surface area contributed by atoms with Crippen LogP contribution in [0.2, 0.25) is 0 Å². The quantitative estimate of drug-likeness (QED) is 0.923. The number of hydrogen-bond donors (Lipinski definition) is 1. The van der Waals surface area contributed by atoms with Crippen molar-refractivity contribution in [2.75, 3.05) is 42.6 Å². The molecule has 0 bridgehead atoms. The van der Waals surface area contributed by atoms with Crippen LogP contribution in [0, 0.1) is 11.3 Å². The van der Waals surface area contributed by atoms with Crippen LogP contribution in [0.4, 0.5) is 11.6 Å². The van der Waals surface area contributed by atoms with Gasteiger partial charge in [0.25, 0.3) is 0 Å². The average molecular weight is 330 g/mol. The van der Waals surface area contributed by atoms with E-state index in [4.69, 9.17) is 0 Å². The predicted octanol–water partition coefficient (Wildman–Crippen LogP) is 2.85. The molecule has 0 aromatic carbocycles. The zero-order valence-corrected chi connectivity index (χ0v) is 14.7. The van der Waals surface area contributed by atoms with Crippen LogP contribution >= 0.6 is 0 Å². The van der Waals surface area contributed by atoms with E-state index >= 15 is 0 Å². The summed E-state index contributed by atoms with van der Waals surface area (Å²) in [7, 11) is 0. The van der Waals surface area contributed by atoms with Gasteiger partial charge in [0.1, 0.15) is 18.0 Å². The van der Waals surface area contributed by atoms with Crippen molar-refractivity contribution < 1.29 is 5.11 Å². The first-order chi connectivity index (χ1) is 11.8. The highest BCUT2D eigenvalue weighted by atomic mass is 16.3. The molecule has 1 saturated carbocycles. The molecule has 24 heavy (non-hydrogen) atoms. The molecule has 3 heterocycles. The first kappa shape index (κ1) is 16.1. The predicted molar refractivity (Wildman–Crippen MR) is 96.4 cm³/mol. The van der Waals surface area contributed by atoms with Crippen LogP contribution in [0.25, 0.3) is 0 Å². The van der Waals surface area contributed by atoms with E-state index in [1.807, 2.05) is 0 Å². The van der Waals surface area contributed by atoms with Crippen LogP contribution in [0.1, 0.15) is 51.4 Å². The van der Waals surface area contributed by atoms with Crippen LogP contribution in [0.15, 0.2) is 12.4 Å². The normalized spacial score (nSPS) is 27.0. The average Bonchev–Trinajstić information content (AvgIpc) is 3.10. The van der Waals surface area contributed by atoms with Crippen molar-refractivity contribution in [2.45, 2.75) is 51.4 Å². The summed E-state index contributed by atoms with van der Waals surface area (Å²) in [5, 5.41) is 9.45.